The predicted octanol–water partition coefficient (Wildman–Crippen LogP) is 4.66. The van der Waals surface area contributed by atoms with Gasteiger partial charge in [-0.25, -0.2) is 4.21 Å². The Morgan fingerprint density at radius 1 is 0.667 bits per heavy atom. The van der Waals surface area contributed by atoms with Gasteiger partial charge in [0.05, 0.1) is 0 Å². The molecule has 2 aromatic rings. The van der Waals surface area contributed by atoms with Gasteiger partial charge in [-0.05, 0) is 22.0 Å². The Kier molecular flexibility index (Phi) is 5.08. The van der Waals surface area contributed by atoms with Gasteiger partial charge in [0.1, 0.15) is 0 Å². The second kappa shape index (κ2) is 7.04. The van der Waals surface area contributed by atoms with E-state index in [1.807, 2.05) is 24.3 Å². The van der Waals surface area contributed by atoms with Gasteiger partial charge in [-0.15, -0.1) is 8.80 Å². The molecule has 27 heavy (non-hydrogen) atoms. The highest BCUT2D eigenvalue weighted by Gasteiger charge is 2.19. The molecule has 0 amide bonds. The summed E-state index contributed by atoms with van der Waals surface area (Å²) < 4.78 is 20.5. The van der Waals surface area contributed by atoms with Crippen LogP contribution >= 0.6 is 0 Å². The molecule has 1 aliphatic heterocycles. The van der Waals surface area contributed by atoms with Crippen LogP contribution in [0.1, 0.15) is 63.8 Å². The van der Waals surface area contributed by atoms with Crippen LogP contribution in [0.4, 0.5) is 0 Å². The van der Waals surface area contributed by atoms with Crippen LogP contribution in [0.25, 0.3) is 0 Å². The highest BCUT2D eigenvalue weighted by molar-refractivity contribution is 7.82. The van der Waals surface area contributed by atoms with Crippen LogP contribution in [0.5, 0.6) is 0 Å². The van der Waals surface area contributed by atoms with Crippen LogP contribution in [0.3, 0.4) is 0 Å². The van der Waals surface area contributed by atoms with Gasteiger partial charge in [0, 0.05) is 11.1 Å². The molecule has 1 aliphatic rings. The van der Waals surface area contributed by atoms with Gasteiger partial charge in [0.15, 0.2) is 11.7 Å². The molecule has 0 fully saturated rings. The molecule has 0 saturated heterocycles. The van der Waals surface area contributed by atoms with Crippen molar-refractivity contribution in [2.24, 2.45) is 8.80 Å². The first-order valence-corrected chi connectivity index (χ1v) is 10.2. The van der Waals surface area contributed by atoms with E-state index >= 15 is 0 Å². The summed E-state index contributed by atoms with van der Waals surface area (Å²) in [5.74, 6) is 1.16. The van der Waals surface area contributed by atoms with E-state index in [-0.39, 0.29) is 10.8 Å². The number of rotatable bonds is 2. The van der Waals surface area contributed by atoms with E-state index in [2.05, 4.69) is 79.9 Å². The fraction of sp³-hybridized carbons (Fsp3) is 0.364. The lowest BCUT2D eigenvalue weighted by Gasteiger charge is -2.21. The smallest absolute Gasteiger partial charge is 0.269 e. The second-order valence-electron chi connectivity index (χ2n) is 8.89. The number of hydrogen-bond donors (Lipinski definition) is 1. The zero-order valence-electron chi connectivity index (χ0n) is 16.8. The highest BCUT2D eigenvalue weighted by atomic mass is 32.2. The van der Waals surface area contributed by atoms with E-state index in [0.717, 1.165) is 11.1 Å². The third-order valence-electron chi connectivity index (χ3n) is 4.62. The molecular weight excluding hydrogens is 354 g/mol. The maximum atomic E-state index is 12.2. The Balaban J connectivity index is 1.85. The van der Waals surface area contributed by atoms with E-state index in [9.17, 15) is 4.21 Å². The van der Waals surface area contributed by atoms with E-state index in [0.29, 0.717) is 11.7 Å². The van der Waals surface area contributed by atoms with Gasteiger partial charge in [0.25, 0.3) is 11.2 Å². The van der Waals surface area contributed by atoms with Crippen molar-refractivity contribution in [2.45, 2.75) is 52.4 Å². The molecule has 4 nitrogen and oxygen atoms in total. The maximum Gasteiger partial charge on any atom is 0.269 e. The highest BCUT2D eigenvalue weighted by Crippen LogP contribution is 2.24. The van der Waals surface area contributed by atoms with E-state index in [1.165, 1.54) is 11.1 Å². The lowest BCUT2D eigenvalue weighted by atomic mass is 9.86. The molecule has 0 radical (unpaired) electrons. The summed E-state index contributed by atoms with van der Waals surface area (Å²) in [5, 5.41) is 3.24. The van der Waals surface area contributed by atoms with Crippen LogP contribution in [-0.2, 0) is 22.0 Å². The van der Waals surface area contributed by atoms with Crippen molar-refractivity contribution in [3.05, 3.63) is 70.8 Å². The number of amidine groups is 2. The normalized spacial score (nSPS) is 15.8. The molecule has 142 valence electrons. The fourth-order valence-corrected chi connectivity index (χ4v) is 3.50. The van der Waals surface area contributed by atoms with Gasteiger partial charge >= 0.3 is 0 Å². The monoisotopic (exact) mass is 381 g/mol. The number of hydrogen-bond acceptors (Lipinski definition) is 2. The molecule has 0 aromatic heterocycles. The fourth-order valence-electron chi connectivity index (χ4n) is 2.84. The van der Waals surface area contributed by atoms with Crippen molar-refractivity contribution < 1.29 is 4.21 Å². The van der Waals surface area contributed by atoms with Gasteiger partial charge in [0.2, 0.25) is 0 Å². The standard InChI is InChI=1S/C22H27N3OS/c1-21(2,3)17-11-7-15(8-12-17)19-23-20(25-27(26)24-19)16-9-13-18(14-10-16)22(4,5)6/h7-14H,1-6H3,(H,23,24,25). The van der Waals surface area contributed by atoms with Gasteiger partial charge in [-0.3, -0.25) is 0 Å². The van der Waals surface area contributed by atoms with E-state index in [1.54, 1.807) is 0 Å². The van der Waals surface area contributed by atoms with Crippen LogP contribution < -0.4 is 5.32 Å². The average molecular weight is 382 g/mol. The van der Waals surface area contributed by atoms with Crippen molar-refractivity contribution in [3.8, 4) is 0 Å². The molecule has 0 aliphatic carbocycles. The minimum atomic E-state index is -1.63. The summed E-state index contributed by atoms with van der Waals surface area (Å²) in [4.78, 5) is 0. The van der Waals surface area contributed by atoms with Gasteiger partial charge in [-0.1, -0.05) is 90.1 Å². The molecule has 0 bridgehead atoms. The Labute approximate surface area is 164 Å². The Hall–Kier alpha value is -2.27. The third-order valence-corrected chi connectivity index (χ3v) is 5.30. The summed E-state index contributed by atoms with van der Waals surface area (Å²) in [6.07, 6.45) is 0. The third kappa shape index (κ3) is 4.53. The number of nitrogens with one attached hydrogen (secondary N) is 1. The molecule has 1 heterocycles. The minimum Gasteiger partial charge on any atom is -0.323 e. The molecule has 5 heteroatoms. The molecule has 1 N–H and O–H groups in total. The zero-order valence-corrected chi connectivity index (χ0v) is 17.6. The molecular formula is C22H27N3OS. The van der Waals surface area contributed by atoms with E-state index < -0.39 is 11.2 Å². The molecule has 0 spiro atoms. The quantitative estimate of drug-likeness (QED) is 0.823. The van der Waals surface area contributed by atoms with Gasteiger partial charge < -0.3 is 5.32 Å². The Morgan fingerprint density at radius 3 is 1.30 bits per heavy atom. The molecule has 0 saturated carbocycles. The van der Waals surface area contributed by atoms with Crippen molar-refractivity contribution >= 4 is 22.8 Å². The Morgan fingerprint density at radius 2 is 1.00 bits per heavy atom. The lowest BCUT2D eigenvalue weighted by molar-refractivity contribution is 0.590. The first-order chi connectivity index (χ1) is 12.5. The van der Waals surface area contributed by atoms with Crippen molar-refractivity contribution in [1.82, 2.24) is 5.32 Å². The molecule has 0 atom stereocenters. The summed E-state index contributed by atoms with van der Waals surface area (Å²) in [7, 11) is 0. The summed E-state index contributed by atoms with van der Waals surface area (Å²) in [6.45, 7) is 13.1. The lowest BCUT2D eigenvalue weighted by Crippen LogP contribution is -2.35. The molecule has 2 aromatic carbocycles. The van der Waals surface area contributed by atoms with Gasteiger partial charge in [-0.2, -0.15) is 0 Å². The van der Waals surface area contributed by atoms with Crippen LogP contribution in [0, 0.1) is 0 Å². The number of benzene rings is 2. The minimum absolute atomic E-state index is 0.0879. The summed E-state index contributed by atoms with van der Waals surface area (Å²) >= 11 is -1.63. The van der Waals surface area contributed by atoms with Crippen molar-refractivity contribution in [3.63, 3.8) is 0 Å². The summed E-state index contributed by atoms with van der Waals surface area (Å²) in [5.41, 5.74) is 4.46. The topological polar surface area (TPSA) is 53.8 Å². The average Bonchev–Trinajstić information content (AvgIpc) is 2.60. The maximum absolute atomic E-state index is 12.2. The zero-order chi connectivity index (χ0) is 19.8. The van der Waals surface area contributed by atoms with Crippen LogP contribution in [0.15, 0.2) is 57.3 Å². The summed E-state index contributed by atoms with van der Waals surface area (Å²) in [6, 6.07) is 16.4. The van der Waals surface area contributed by atoms with Crippen LogP contribution in [-0.4, -0.2) is 15.9 Å². The number of nitrogens with zero attached hydrogens (tertiary/aromatic N) is 2. The van der Waals surface area contributed by atoms with Crippen molar-refractivity contribution in [1.29, 1.82) is 0 Å². The second-order valence-corrected chi connectivity index (χ2v) is 9.72. The predicted molar refractivity (Wildman–Crippen MR) is 115 cm³/mol. The largest absolute Gasteiger partial charge is 0.323 e. The van der Waals surface area contributed by atoms with Crippen molar-refractivity contribution in [2.75, 3.05) is 0 Å². The molecule has 3 rings (SSSR count). The SMILES string of the molecule is CC(C)(C)c1ccc(C2=NS(=O)N=C(c3ccc(C(C)(C)C)cc3)N2)cc1. The Bertz CT molecular complexity index is 837. The molecule has 0 unspecified atom stereocenters. The first kappa shape index (κ1) is 19.5. The van der Waals surface area contributed by atoms with Crippen LogP contribution in [0.2, 0.25) is 0 Å². The van der Waals surface area contributed by atoms with E-state index in [4.69, 9.17) is 0 Å². The first-order valence-electron chi connectivity index (χ1n) is 9.12.